The van der Waals surface area contributed by atoms with Gasteiger partial charge < -0.3 is 15.4 Å². The normalized spacial score (nSPS) is 14.9. The van der Waals surface area contributed by atoms with Crippen molar-refractivity contribution in [2.75, 3.05) is 33.4 Å². The van der Waals surface area contributed by atoms with E-state index in [-0.39, 0.29) is 24.0 Å². The van der Waals surface area contributed by atoms with Gasteiger partial charge in [0, 0.05) is 49.8 Å². The van der Waals surface area contributed by atoms with Crippen molar-refractivity contribution in [2.24, 2.45) is 4.99 Å². The molecule has 0 atom stereocenters. The van der Waals surface area contributed by atoms with E-state index in [9.17, 15) is 0 Å². The molecule has 0 unspecified atom stereocenters. The van der Waals surface area contributed by atoms with Crippen LogP contribution in [0.25, 0.3) is 0 Å². The molecule has 5 nitrogen and oxygen atoms in total. The number of aliphatic imine (C=N–C) groups is 1. The van der Waals surface area contributed by atoms with E-state index in [1.807, 2.05) is 12.1 Å². The van der Waals surface area contributed by atoms with Crippen molar-refractivity contribution in [3.05, 3.63) is 69.2 Å². The number of benzene rings is 2. The Hall–Kier alpha value is -1.06. The molecule has 1 aliphatic rings. The van der Waals surface area contributed by atoms with Gasteiger partial charge in [-0.2, -0.15) is 0 Å². The van der Waals surface area contributed by atoms with Gasteiger partial charge >= 0.3 is 0 Å². The number of rotatable bonds is 6. The summed E-state index contributed by atoms with van der Waals surface area (Å²) in [6.45, 7) is 5.86. The van der Waals surface area contributed by atoms with Crippen molar-refractivity contribution in [3.63, 3.8) is 0 Å². The minimum absolute atomic E-state index is 0. The molecule has 2 N–H and O–H groups in total. The van der Waals surface area contributed by atoms with Crippen LogP contribution in [0.3, 0.4) is 0 Å². The molecule has 0 aromatic heterocycles. The smallest absolute Gasteiger partial charge is 0.191 e. The van der Waals surface area contributed by atoms with E-state index < -0.39 is 0 Å². The van der Waals surface area contributed by atoms with Crippen LogP contribution in [0.1, 0.15) is 16.7 Å². The average Bonchev–Trinajstić information content (AvgIpc) is 2.70. The largest absolute Gasteiger partial charge is 0.379 e. The van der Waals surface area contributed by atoms with E-state index in [1.165, 1.54) is 11.1 Å². The Morgan fingerprint density at radius 2 is 1.76 bits per heavy atom. The van der Waals surface area contributed by atoms with E-state index in [0.29, 0.717) is 23.1 Å². The first-order valence-electron chi connectivity index (χ1n) is 9.40. The molecule has 2 aromatic carbocycles. The third kappa shape index (κ3) is 7.94. The van der Waals surface area contributed by atoms with E-state index >= 15 is 0 Å². The molecule has 0 saturated carbocycles. The number of hydrogen-bond donors (Lipinski definition) is 2. The van der Waals surface area contributed by atoms with Crippen LogP contribution in [0.5, 0.6) is 0 Å². The van der Waals surface area contributed by atoms with Crippen molar-refractivity contribution < 1.29 is 4.74 Å². The number of morpholine rings is 1. The van der Waals surface area contributed by atoms with Gasteiger partial charge in [-0.15, -0.1) is 24.0 Å². The molecule has 0 radical (unpaired) electrons. The first kappa shape index (κ1) is 24.2. The Morgan fingerprint density at radius 3 is 2.48 bits per heavy atom. The number of ether oxygens (including phenoxy) is 1. The Morgan fingerprint density at radius 1 is 1.03 bits per heavy atom. The summed E-state index contributed by atoms with van der Waals surface area (Å²) >= 11 is 12.2. The fourth-order valence-electron chi connectivity index (χ4n) is 3.11. The van der Waals surface area contributed by atoms with Crippen LogP contribution in [-0.2, 0) is 24.4 Å². The lowest BCUT2D eigenvalue weighted by Crippen LogP contribution is -2.36. The van der Waals surface area contributed by atoms with Crippen LogP contribution < -0.4 is 10.6 Å². The summed E-state index contributed by atoms with van der Waals surface area (Å²) in [6, 6.07) is 14.1. The SMILES string of the molecule is CN=C(NCc1cccc(CN2CCOCC2)c1)NCc1ccc(Cl)cc1Cl.I. The first-order chi connectivity index (χ1) is 13.6. The second-order valence-corrected chi connectivity index (χ2v) is 7.57. The van der Waals surface area contributed by atoms with Gasteiger partial charge in [-0.05, 0) is 28.8 Å². The predicted molar refractivity (Wildman–Crippen MR) is 131 cm³/mol. The van der Waals surface area contributed by atoms with E-state index in [1.54, 1.807) is 13.1 Å². The highest BCUT2D eigenvalue weighted by molar-refractivity contribution is 14.0. The van der Waals surface area contributed by atoms with Crippen LogP contribution in [-0.4, -0.2) is 44.2 Å². The van der Waals surface area contributed by atoms with E-state index in [0.717, 1.165) is 44.4 Å². The summed E-state index contributed by atoms with van der Waals surface area (Å²) in [7, 11) is 1.76. The van der Waals surface area contributed by atoms with Crippen molar-refractivity contribution in [3.8, 4) is 0 Å². The van der Waals surface area contributed by atoms with Gasteiger partial charge in [0.1, 0.15) is 0 Å². The van der Waals surface area contributed by atoms with Crippen LogP contribution in [0.4, 0.5) is 0 Å². The molecule has 1 fully saturated rings. The molecule has 1 aliphatic heterocycles. The molecule has 158 valence electrons. The van der Waals surface area contributed by atoms with Crippen molar-refractivity contribution in [1.82, 2.24) is 15.5 Å². The topological polar surface area (TPSA) is 48.9 Å². The molecule has 0 spiro atoms. The Kier molecular flexibility index (Phi) is 10.5. The molecular formula is C21H27Cl2IN4O. The maximum Gasteiger partial charge on any atom is 0.191 e. The van der Waals surface area contributed by atoms with Gasteiger partial charge in [0.15, 0.2) is 5.96 Å². The zero-order chi connectivity index (χ0) is 19.8. The summed E-state index contributed by atoms with van der Waals surface area (Å²) in [5, 5.41) is 7.92. The zero-order valence-corrected chi connectivity index (χ0v) is 20.3. The molecule has 0 bridgehead atoms. The molecule has 0 aliphatic carbocycles. The maximum absolute atomic E-state index is 6.23. The number of nitrogens with zero attached hydrogens (tertiary/aromatic N) is 2. The number of guanidine groups is 1. The minimum Gasteiger partial charge on any atom is -0.379 e. The number of halogens is 3. The summed E-state index contributed by atoms with van der Waals surface area (Å²) < 4.78 is 5.42. The van der Waals surface area contributed by atoms with Crippen LogP contribution >= 0.6 is 47.2 Å². The molecule has 29 heavy (non-hydrogen) atoms. The zero-order valence-electron chi connectivity index (χ0n) is 16.5. The quantitative estimate of drug-likeness (QED) is 0.321. The summed E-state index contributed by atoms with van der Waals surface area (Å²) in [4.78, 5) is 6.71. The Bertz CT molecular complexity index is 813. The fourth-order valence-corrected chi connectivity index (χ4v) is 3.58. The first-order valence-corrected chi connectivity index (χ1v) is 10.2. The molecule has 0 amide bonds. The lowest BCUT2D eigenvalue weighted by molar-refractivity contribution is 0.0342. The monoisotopic (exact) mass is 548 g/mol. The van der Waals surface area contributed by atoms with Crippen molar-refractivity contribution in [2.45, 2.75) is 19.6 Å². The van der Waals surface area contributed by atoms with Gasteiger partial charge in [0.25, 0.3) is 0 Å². The minimum atomic E-state index is 0. The standard InChI is InChI=1S/C21H26Cl2N4O.HI/c1-24-21(26-14-18-5-6-19(22)12-20(18)23)25-13-16-3-2-4-17(11-16)15-27-7-9-28-10-8-27;/h2-6,11-12H,7-10,13-15H2,1H3,(H2,24,25,26);1H. The van der Waals surface area contributed by atoms with Crippen LogP contribution in [0.15, 0.2) is 47.5 Å². The van der Waals surface area contributed by atoms with Gasteiger partial charge in [-0.1, -0.05) is 53.5 Å². The Balaban J connectivity index is 0.00000300. The summed E-state index contributed by atoms with van der Waals surface area (Å²) in [5.41, 5.74) is 3.51. The highest BCUT2D eigenvalue weighted by Gasteiger charge is 2.11. The second kappa shape index (κ2) is 12.6. The van der Waals surface area contributed by atoms with Crippen LogP contribution in [0, 0.1) is 0 Å². The molecule has 1 saturated heterocycles. The predicted octanol–water partition coefficient (Wildman–Crippen LogP) is 4.31. The van der Waals surface area contributed by atoms with Crippen LogP contribution in [0.2, 0.25) is 10.0 Å². The molecule has 2 aromatic rings. The highest BCUT2D eigenvalue weighted by atomic mass is 127. The number of hydrogen-bond acceptors (Lipinski definition) is 3. The Labute approximate surface area is 199 Å². The molecular weight excluding hydrogens is 522 g/mol. The average molecular weight is 549 g/mol. The lowest BCUT2D eigenvalue weighted by atomic mass is 10.1. The maximum atomic E-state index is 6.23. The third-order valence-electron chi connectivity index (χ3n) is 4.65. The van der Waals surface area contributed by atoms with Crippen molar-refractivity contribution in [1.29, 1.82) is 0 Å². The van der Waals surface area contributed by atoms with Gasteiger partial charge in [0.2, 0.25) is 0 Å². The lowest BCUT2D eigenvalue weighted by Gasteiger charge is -2.26. The van der Waals surface area contributed by atoms with Crippen molar-refractivity contribution >= 4 is 53.1 Å². The molecule has 3 rings (SSSR count). The van der Waals surface area contributed by atoms with E-state index in [2.05, 4.69) is 44.8 Å². The second-order valence-electron chi connectivity index (χ2n) is 6.72. The van der Waals surface area contributed by atoms with Gasteiger partial charge in [-0.25, -0.2) is 0 Å². The van der Waals surface area contributed by atoms with Gasteiger partial charge in [-0.3, -0.25) is 9.89 Å². The highest BCUT2D eigenvalue weighted by Crippen LogP contribution is 2.20. The van der Waals surface area contributed by atoms with Gasteiger partial charge in [0.05, 0.1) is 13.2 Å². The summed E-state index contributed by atoms with van der Waals surface area (Å²) in [5.74, 6) is 0.726. The molecule has 1 heterocycles. The van der Waals surface area contributed by atoms with E-state index in [4.69, 9.17) is 27.9 Å². The number of nitrogens with one attached hydrogen (secondary N) is 2. The fraction of sp³-hybridized carbons (Fsp3) is 0.381. The summed E-state index contributed by atoms with van der Waals surface area (Å²) in [6.07, 6.45) is 0. The third-order valence-corrected chi connectivity index (χ3v) is 5.23. The molecule has 8 heteroatoms.